The van der Waals surface area contributed by atoms with E-state index in [9.17, 15) is 4.79 Å². The summed E-state index contributed by atoms with van der Waals surface area (Å²) in [5.74, 6) is 0.857. The lowest BCUT2D eigenvalue weighted by molar-refractivity contribution is 0.102. The van der Waals surface area contributed by atoms with Crippen molar-refractivity contribution >= 4 is 23.5 Å². The van der Waals surface area contributed by atoms with Crippen LogP contribution >= 0.6 is 11.8 Å². The standard InChI is InChI=1S/C17H17N5OS/c1-11-8-12(2)22(21-11)16-9-15(18-10-19-16)20-17(23)13-6-4-5-7-14(13)24-3/h4-10H,1-3H3,(H,18,19,20,23). The van der Waals surface area contributed by atoms with Gasteiger partial charge < -0.3 is 5.32 Å². The lowest BCUT2D eigenvalue weighted by atomic mass is 10.2. The molecule has 0 radical (unpaired) electrons. The monoisotopic (exact) mass is 339 g/mol. The number of carbonyl (C=O) groups is 1. The maximum absolute atomic E-state index is 12.5. The highest BCUT2D eigenvalue weighted by molar-refractivity contribution is 7.98. The minimum Gasteiger partial charge on any atom is -0.306 e. The third-order valence-corrected chi connectivity index (χ3v) is 4.27. The minimum atomic E-state index is -0.196. The van der Waals surface area contributed by atoms with Crippen LogP contribution in [0.4, 0.5) is 5.82 Å². The molecule has 0 aliphatic heterocycles. The third kappa shape index (κ3) is 3.30. The molecule has 0 saturated heterocycles. The molecule has 0 bridgehead atoms. The van der Waals surface area contributed by atoms with Crippen LogP contribution in [-0.4, -0.2) is 31.9 Å². The Labute approximate surface area is 144 Å². The zero-order valence-corrected chi connectivity index (χ0v) is 14.5. The Bertz CT molecular complexity index is 890. The summed E-state index contributed by atoms with van der Waals surface area (Å²) in [7, 11) is 0. The van der Waals surface area contributed by atoms with Crippen LogP contribution in [0.15, 0.2) is 47.6 Å². The Morgan fingerprint density at radius 1 is 1.17 bits per heavy atom. The molecule has 24 heavy (non-hydrogen) atoms. The summed E-state index contributed by atoms with van der Waals surface area (Å²) in [6.07, 6.45) is 3.36. The van der Waals surface area contributed by atoms with Gasteiger partial charge in [-0.25, -0.2) is 14.6 Å². The molecule has 1 amide bonds. The topological polar surface area (TPSA) is 72.7 Å². The van der Waals surface area contributed by atoms with E-state index in [4.69, 9.17) is 0 Å². The molecule has 3 aromatic rings. The van der Waals surface area contributed by atoms with E-state index in [0.717, 1.165) is 16.3 Å². The van der Waals surface area contributed by atoms with Crippen molar-refractivity contribution < 1.29 is 4.79 Å². The van der Waals surface area contributed by atoms with Crippen LogP contribution in [0.5, 0.6) is 0 Å². The molecule has 6 nitrogen and oxygen atoms in total. The molecular weight excluding hydrogens is 322 g/mol. The van der Waals surface area contributed by atoms with E-state index in [1.807, 2.05) is 44.4 Å². The summed E-state index contributed by atoms with van der Waals surface area (Å²) in [4.78, 5) is 21.8. The van der Waals surface area contributed by atoms with Crippen molar-refractivity contribution in [2.45, 2.75) is 18.7 Å². The zero-order valence-electron chi connectivity index (χ0n) is 13.6. The summed E-state index contributed by atoms with van der Waals surface area (Å²) in [5.41, 5.74) is 2.50. The predicted molar refractivity (Wildman–Crippen MR) is 94.8 cm³/mol. The molecule has 2 aromatic heterocycles. The van der Waals surface area contributed by atoms with Crippen LogP contribution in [0.25, 0.3) is 5.82 Å². The van der Waals surface area contributed by atoms with Gasteiger partial charge in [-0.2, -0.15) is 5.10 Å². The van der Waals surface area contributed by atoms with Gasteiger partial charge >= 0.3 is 0 Å². The number of aryl methyl sites for hydroxylation is 2. The van der Waals surface area contributed by atoms with E-state index in [2.05, 4.69) is 20.4 Å². The quantitative estimate of drug-likeness (QED) is 0.739. The van der Waals surface area contributed by atoms with Gasteiger partial charge in [-0.15, -0.1) is 11.8 Å². The average Bonchev–Trinajstić information content (AvgIpc) is 2.93. The minimum absolute atomic E-state index is 0.196. The summed E-state index contributed by atoms with van der Waals surface area (Å²) < 4.78 is 1.72. The molecule has 3 rings (SSSR count). The molecule has 0 atom stereocenters. The molecule has 0 saturated carbocycles. The largest absolute Gasteiger partial charge is 0.306 e. The van der Waals surface area contributed by atoms with E-state index in [-0.39, 0.29) is 5.91 Å². The molecule has 1 N–H and O–H groups in total. The highest BCUT2D eigenvalue weighted by atomic mass is 32.2. The maximum Gasteiger partial charge on any atom is 0.257 e. The smallest absolute Gasteiger partial charge is 0.257 e. The Morgan fingerprint density at radius 3 is 2.67 bits per heavy atom. The first kappa shape index (κ1) is 16.2. The lowest BCUT2D eigenvalue weighted by Gasteiger charge is -2.09. The molecule has 2 heterocycles. The van der Waals surface area contributed by atoms with Gasteiger partial charge in [0.05, 0.1) is 11.3 Å². The number of rotatable bonds is 4. The normalized spacial score (nSPS) is 10.6. The van der Waals surface area contributed by atoms with E-state index in [1.165, 1.54) is 18.1 Å². The molecular formula is C17H17N5OS. The van der Waals surface area contributed by atoms with Crippen molar-refractivity contribution in [1.29, 1.82) is 0 Å². The van der Waals surface area contributed by atoms with Crippen LogP contribution in [0, 0.1) is 13.8 Å². The first-order chi connectivity index (χ1) is 11.6. The fourth-order valence-corrected chi connectivity index (χ4v) is 3.00. The number of anilines is 1. The molecule has 0 unspecified atom stereocenters. The molecule has 0 spiro atoms. The summed E-state index contributed by atoms with van der Waals surface area (Å²) in [6, 6.07) is 11.1. The molecule has 1 aromatic carbocycles. The maximum atomic E-state index is 12.5. The summed E-state index contributed by atoms with van der Waals surface area (Å²) in [6.45, 7) is 3.88. The molecule has 0 fully saturated rings. The number of hydrogen-bond donors (Lipinski definition) is 1. The van der Waals surface area contributed by atoms with Crippen molar-refractivity contribution in [1.82, 2.24) is 19.7 Å². The van der Waals surface area contributed by atoms with Crippen LogP contribution in [-0.2, 0) is 0 Å². The van der Waals surface area contributed by atoms with Crippen molar-refractivity contribution in [3.8, 4) is 5.82 Å². The van der Waals surface area contributed by atoms with E-state index in [1.54, 1.807) is 16.8 Å². The fourth-order valence-electron chi connectivity index (χ4n) is 2.41. The van der Waals surface area contributed by atoms with Gasteiger partial charge in [-0.3, -0.25) is 4.79 Å². The number of thioether (sulfide) groups is 1. The predicted octanol–water partition coefficient (Wildman–Crippen LogP) is 3.25. The highest BCUT2D eigenvalue weighted by Crippen LogP contribution is 2.21. The number of carbonyl (C=O) groups excluding carboxylic acids is 1. The molecule has 122 valence electrons. The van der Waals surface area contributed by atoms with Gasteiger partial charge in [0, 0.05) is 16.7 Å². The number of amides is 1. The SMILES string of the molecule is CSc1ccccc1C(=O)Nc1cc(-n2nc(C)cc2C)ncn1. The van der Waals surface area contributed by atoms with E-state index < -0.39 is 0 Å². The fraction of sp³-hybridized carbons (Fsp3) is 0.176. The molecule has 7 heteroatoms. The van der Waals surface area contributed by atoms with Crippen LogP contribution < -0.4 is 5.32 Å². The van der Waals surface area contributed by atoms with Crippen molar-refractivity contribution in [2.24, 2.45) is 0 Å². The Morgan fingerprint density at radius 2 is 1.96 bits per heavy atom. The van der Waals surface area contributed by atoms with Crippen molar-refractivity contribution in [3.05, 3.63) is 59.7 Å². The van der Waals surface area contributed by atoms with Gasteiger partial charge in [0.2, 0.25) is 0 Å². The Hall–Kier alpha value is -2.67. The summed E-state index contributed by atoms with van der Waals surface area (Å²) >= 11 is 1.53. The second kappa shape index (κ2) is 6.84. The van der Waals surface area contributed by atoms with Gasteiger partial charge in [0.25, 0.3) is 5.91 Å². The van der Waals surface area contributed by atoms with Crippen LogP contribution in [0.2, 0.25) is 0 Å². The molecule has 0 aliphatic rings. The number of nitrogens with one attached hydrogen (secondary N) is 1. The highest BCUT2D eigenvalue weighted by Gasteiger charge is 2.12. The van der Waals surface area contributed by atoms with E-state index in [0.29, 0.717) is 17.2 Å². The van der Waals surface area contributed by atoms with Crippen LogP contribution in [0.1, 0.15) is 21.7 Å². The second-order valence-corrected chi connectivity index (χ2v) is 6.10. The Kier molecular flexibility index (Phi) is 4.61. The van der Waals surface area contributed by atoms with E-state index >= 15 is 0 Å². The first-order valence-corrected chi connectivity index (χ1v) is 8.61. The average molecular weight is 339 g/mol. The van der Waals surface area contributed by atoms with Crippen molar-refractivity contribution in [2.75, 3.05) is 11.6 Å². The second-order valence-electron chi connectivity index (χ2n) is 5.25. The van der Waals surface area contributed by atoms with Gasteiger partial charge in [-0.05, 0) is 38.3 Å². The van der Waals surface area contributed by atoms with Crippen molar-refractivity contribution in [3.63, 3.8) is 0 Å². The first-order valence-electron chi connectivity index (χ1n) is 7.38. The van der Waals surface area contributed by atoms with Crippen LogP contribution in [0.3, 0.4) is 0 Å². The third-order valence-electron chi connectivity index (χ3n) is 3.47. The van der Waals surface area contributed by atoms with Gasteiger partial charge in [0.1, 0.15) is 12.1 Å². The zero-order chi connectivity index (χ0) is 17.1. The number of nitrogens with zero attached hydrogens (tertiary/aromatic N) is 4. The van der Waals surface area contributed by atoms with Gasteiger partial charge in [-0.1, -0.05) is 12.1 Å². The lowest BCUT2D eigenvalue weighted by Crippen LogP contribution is -2.14. The van der Waals surface area contributed by atoms with Gasteiger partial charge in [0.15, 0.2) is 5.82 Å². The number of aromatic nitrogens is 4. The summed E-state index contributed by atoms with van der Waals surface area (Å²) in [5, 5.41) is 7.22. The number of benzene rings is 1. The number of hydrogen-bond acceptors (Lipinski definition) is 5. The Balaban J connectivity index is 1.87. The molecule has 0 aliphatic carbocycles.